The van der Waals surface area contributed by atoms with Crippen LogP contribution in [-0.2, 0) is 0 Å². The van der Waals surface area contributed by atoms with Crippen LogP contribution in [0.4, 0.5) is 5.69 Å². The van der Waals surface area contributed by atoms with Crippen LogP contribution in [0, 0.1) is 5.92 Å². The zero-order valence-corrected chi connectivity index (χ0v) is 12.4. The molecule has 0 aliphatic carbocycles. The van der Waals surface area contributed by atoms with Crippen LogP contribution in [0.5, 0.6) is 0 Å². The van der Waals surface area contributed by atoms with Gasteiger partial charge in [0.05, 0.1) is 0 Å². The molecule has 2 unspecified atom stereocenters. The molecule has 1 aliphatic heterocycles. The maximum Gasteiger partial charge on any atom is 0.0387 e. The summed E-state index contributed by atoms with van der Waals surface area (Å²) in [7, 11) is 0. The predicted molar refractivity (Wildman–Crippen MR) is 77.6 cm³/mol. The molecule has 2 atom stereocenters. The van der Waals surface area contributed by atoms with Crippen LogP contribution >= 0.6 is 15.9 Å². The van der Waals surface area contributed by atoms with E-state index in [1.54, 1.807) is 0 Å². The molecular formula is C14H21BrN2. The summed E-state index contributed by atoms with van der Waals surface area (Å²) in [5.74, 6) is 0.678. The van der Waals surface area contributed by atoms with E-state index < -0.39 is 0 Å². The first kappa shape index (κ1) is 12.9. The number of halogens is 1. The molecule has 0 bridgehead atoms. The topological polar surface area (TPSA) is 15.3 Å². The number of nitrogens with one attached hydrogen (secondary N) is 1. The van der Waals surface area contributed by atoms with Gasteiger partial charge in [-0.15, -0.1) is 0 Å². The molecule has 2 rings (SSSR count). The Labute approximate surface area is 113 Å². The summed E-state index contributed by atoms with van der Waals surface area (Å²) in [6.07, 6.45) is 0. The number of piperazine rings is 1. The van der Waals surface area contributed by atoms with Gasteiger partial charge in [0.1, 0.15) is 0 Å². The normalized spacial score (nSPS) is 25.4. The third-order valence-electron chi connectivity index (χ3n) is 3.55. The summed E-state index contributed by atoms with van der Waals surface area (Å²) in [4.78, 5) is 2.51. The van der Waals surface area contributed by atoms with Crippen molar-refractivity contribution in [3.05, 3.63) is 28.7 Å². The fourth-order valence-electron chi connectivity index (χ4n) is 2.35. The molecule has 2 nitrogen and oxygen atoms in total. The highest BCUT2D eigenvalue weighted by Gasteiger charge is 2.26. The van der Waals surface area contributed by atoms with Crippen molar-refractivity contribution in [2.45, 2.75) is 32.9 Å². The number of benzene rings is 1. The van der Waals surface area contributed by atoms with Crippen molar-refractivity contribution < 1.29 is 0 Å². The van der Waals surface area contributed by atoms with Crippen molar-refractivity contribution in [3.63, 3.8) is 0 Å². The Balaban J connectivity index is 2.18. The monoisotopic (exact) mass is 296 g/mol. The van der Waals surface area contributed by atoms with Crippen LogP contribution in [-0.4, -0.2) is 25.2 Å². The first-order chi connectivity index (χ1) is 8.08. The van der Waals surface area contributed by atoms with Gasteiger partial charge in [-0.25, -0.2) is 0 Å². The van der Waals surface area contributed by atoms with Gasteiger partial charge in [0, 0.05) is 35.3 Å². The maximum atomic E-state index is 3.63. The van der Waals surface area contributed by atoms with Gasteiger partial charge in [-0.3, -0.25) is 0 Å². The molecule has 1 aliphatic rings. The minimum Gasteiger partial charge on any atom is -0.366 e. The third-order valence-corrected chi connectivity index (χ3v) is 4.04. The standard InChI is InChI=1S/C14H21BrN2/c1-10(2)14-9-17(11(3)8-16-14)13-6-4-5-12(15)7-13/h4-7,10-11,14,16H,8-9H2,1-3H3. The van der Waals surface area contributed by atoms with Gasteiger partial charge < -0.3 is 10.2 Å². The van der Waals surface area contributed by atoms with Crippen LogP contribution in [0.25, 0.3) is 0 Å². The molecular weight excluding hydrogens is 276 g/mol. The van der Waals surface area contributed by atoms with E-state index in [0.29, 0.717) is 18.0 Å². The minimum atomic E-state index is 0.555. The van der Waals surface area contributed by atoms with Gasteiger partial charge in [-0.2, -0.15) is 0 Å². The summed E-state index contributed by atoms with van der Waals surface area (Å²) < 4.78 is 1.15. The van der Waals surface area contributed by atoms with Crippen molar-refractivity contribution in [3.8, 4) is 0 Å². The van der Waals surface area contributed by atoms with Crippen molar-refractivity contribution in [2.75, 3.05) is 18.0 Å². The number of nitrogens with zero attached hydrogens (tertiary/aromatic N) is 1. The molecule has 0 aromatic heterocycles. The molecule has 3 heteroatoms. The van der Waals surface area contributed by atoms with E-state index in [4.69, 9.17) is 0 Å². The van der Waals surface area contributed by atoms with Gasteiger partial charge in [-0.1, -0.05) is 35.8 Å². The molecule has 0 radical (unpaired) electrons. The third kappa shape index (κ3) is 3.02. The lowest BCUT2D eigenvalue weighted by atomic mass is 9.99. The van der Waals surface area contributed by atoms with Crippen LogP contribution in [0.2, 0.25) is 0 Å². The molecule has 1 saturated heterocycles. The van der Waals surface area contributed by atoms with Crippen molar-refractivity contribution >= 4 is 21.6 Å². The second-order valence-electron chi connectivity index (χ2n) is 5.24. The molecule has 1 heterocycles. The van der Waals surface area contributed by atoms with Crippen molar-refractivity contribution in [1.82, 2.24) is 5.32 Å². The van der Waals surface area contributed by atoms with Gasteiger partial charge in [0.2, 0.25) is 0 Å². The van der Waals surface area contributed by atoms with Gasteiger partial charge in [-0.05, 0) is 31.0 Å². The van der Waals surface area contributed by atoms with E-state index in [1.165, 1.54) is 5.69 Å². The number of rotatable bonds is 2. The number of anilines is 1. The Hall–Kier alpha value is -0.540. The highest BCUT2D eigenvalue weighted by molar-refractivity contribution is 9.10. The van der Waals surface area contributed by atoms with Crippen LogP contribution in [0.15, 0.2) is 28.7 Å². The van der Waals surface area contributed by atoms with Crippen molar-refractivity contribution in [1.29, 1.82) is 0 Å². The maximum absolute atomic E-state index is 3.63. The summed E-state index contributed by atoms with van der Waals surface area (Å²) in [5, 5.41) is 3.63. The highest BCUT2D eigenvalue weighted by Crippen LogP contribution is 2.24. The summed E-state index contributed by atoms with van der Waals surface area (Å²) in [6.45, 7) is 9.01. The Kier molecular flexibility index (Phi) is 4.10. The molecule has 0 spiro atoms. The van der Waals surface area contributed by atoms with Crippen LogP contribution in [0.3, 0.4) is 0 Å². The fraction of sp³-hybridized carbons (Fsp3) is 0.571. The molecule has 1 aromatic rings. The van der Waals surface area contributed by atoms with E-state index in [9.17, 15) is 0 Å². The molecule has 1 aromatic carbocycles. The summed E-state index contributed by atoms with van der Waals surface area (Å²) in [5.41, 5.74) is 1.32. The number of hydrogen-bond donors (Lipinski definition) is 1. The van der Waals surface area contributed by atoms with Gasteiger partial charge >= 0.3 is 0 Å². The Morgan fingerprint density at radius 2 is 2.18 bits per heavy atom. The van der Waals surface area contributed by atoms with Crippen molar-refractivity contribution in [2.24, 2.45) is 5.92 Å². The molecule has 1 fully saturated rings. The first-order valence-corrected chi connectivity index (χ1v) is 7.13. The summed E-state index contributed by atoms with van der Waals surface area (Å²) >= 11 is 3.55. The SMILES string of the molecule is CC(C)C1CN(c2cccc(Br)c2)C(C)CN1. The van der Waals surface area contributed by atoms with Crippen LogP contribution in [0.1, 0.15) is 20.8 Å². The molecule has 17 heavy (non-hydrogen) atoms. The largest absolute Gasteiger partial charge is 0.366 e. The lowest BCUT2D eigenvalue weighted by Crippen LogP contribution is -2.57. The first-order valence-electron chi connectivity index (χ1n) is 6.33. The minimum absolute atomic E-state index is 0.555. The highest BCUT2D eigenvalue weighted by atomic mass is 79.9. The zero-order chi connectivity index (χ0) is 12.4. The average Bonchev–Trinajstić information content (AvgIpc) is 2.29. The Morgan fingerprint density at radius 1 is 1.41 bits per heavy atom. The second kappa shape index (κ2) is 5.40. The Morgan fingerprint density at radius 3 is 2.82 bits per heavy atom. The van der Waals surface area contributed by atoms with E-state index in [-0.39, 0.29) is 0 Å². The van der Waals surface area contributed by atoms with E-state index in [1.807, 2.05) is 0 Å². The van der Waals surface area contributed by atoms with Gasteiger partial charge in [0.15, 0.2) is 0 Å². The smallest absolute Gasteiger partial charge is 0.0387 e. The van der Waals surface area contributed by atoms with Crippen LogP contribution < -0.4 is 10.2 Å². The molecule has 0 amide bonds. The number of hydrogen-bond acceptors (Lipinski definition) is 2. The average molecular weight is 297 g/mol. The lowest BCUT2D eigenvalue weighted by molar-refractivity contribution is 0.337. The fourth-order valence-corrected chi connectivity index (χ4v) is 2.74. The van der Waals surface area contributed by atoms with E-state index in [0.717, 1.165) is 17.6 Å². The Bertz CT molecular complexity index is 378. The van der Waals surface area contributed by atoms with E-state index in [2.05, 4.69) is 71.2 Å². The molecule has 1 N–H and O–H groups in total. The lowest BCUT2D eigenvalue weighted by Gasteiger charge is -2.42. The summed E-state index contributed by atoms with van der Waals surface area (Å²) in [6, 6.07) is 9.74. The zero-order valence-electron chi connectivity index (χ0n) is 10.8. The van der Waals surface area contributed by atoms with Gasteiger partial charge in [0.25, 0.3) is 0 Å². The molecule has 94 valence electrons. The second-order valence-corrected chi connectivity index (χ2v) is 6.16. The van der Waals surface area contributed by atoms with E-state index >= 15 is 0 Å². The molecule has 0 saturated carbocycles. The quantitative estimate of drug-likeness (QED) is 0.901. The predicted octanol–water partition coefficient (Wildman–Crippen LogP) is 3.27.